The number of amides is 1. The minimum absolute atomic E-state index is 0.0538. The molecule has 0 atom stereocenters. The van der Waals surface area contributed by atoms with Gasteiger partial charge in [-0.05, 0) is 26.0 Å². The second-order valence-electron chi connectivity index (χ2n) is 2.73. The number of rotatable bonds is 2. The molecule has 1 N–H and O–H groups in total. The lowest BCUT2D eigenvalue weighted by molar-refractivity contribution is 0.0947. The minimum Gasteiger partial charge on any atom is -0.349 e. The van der Waals surface area contributed by atoms with Gasteiger partial charge in [-0.3, -0.25) is 4.79 Å². The fraction of sp³-hybridized carbons (Fsp3) is 0.375. The first-order chi connectivity index (χ1) is 5.59. The number of nitrogens with one attached hydrogen (secondary N) is 1. The van der Waals surface area contributed by atoms with Crippen LogP contribution in [-0.2, 0) is 0 Å². The van der Waals surface area contributed by atoms with Crippen molar-refractivity contribution in [3.63, 3.8) is 0 Å². The molecule has 2 nitrogen and oxygen atoms in total. The van der Waals surface area contributed by atoms with Crippen LogP contribution in [0.3, 0.4) is 0 Å². The van der Waals surface area contributed by atoms with E-state index in [-0.39, 0.29) is 11.9 Å². The van der Waals surface area contributed by atoms with Gasteiger partial charge in [0.15, 0.2) is 0 Å². The van der Waals surface area contributed by atoms with Crippen LogP contribution in [0.2, 0.25) is 4.34 Å². The van der Waals surface area contributed by atoms with E-state index in [1.54, 1.807) is 12.1 Å². The van der Waals surface area contributed by atoms with Crippen LogP contribution < -0.4 is 5.32 Å². The molecule has 0 radical (unpaired) electrons. The van der Waals surface area contributed by atoms with E-state index in [4.69, 9.17) is 11.6 Å². The normalized spacial score (nSPS) is 10.3. The second-order valence-corrected chi connectivity index (χ2v) is 4.45. The van der Waals surface area contributed by atoms with Crippen molar-refractivity contribution >= 4 is 28.8 Å². The van der Waals surface area contributed by atoms with E-state index < -0.39 is 0 Å². The van der Waals surface area contributed by atoms with Gasteiger partial charge in [0.05, 0.1) is 9.21 Å². The van der Waals surface area contributed by atoms with Crippen LogP contribution in [0.25, 0.3) is 0 Å². The standard InChI is InChI=1S/C8H10ClNOS/c1-5(2)10-8(11)6-3-4-7(9)12-6/h3-5H,1-2H3,(H,10,11). The number of carbonyl (C=O) groups is 1. The molecule has 1 amide bonds. The minimum atomic E-state index is -0.0538. The Morgan fingerprint density at radius 3 is 2.67 bits per heavy atom. The highest BCUT2D eigenvalue weighted by Crippen LogP contribution is 2.21. The highest BCUT2D eigenvalue weighted by molar-refractivity contribution is 7.17. The monoisotopic (exact) mass is 203 g/mol. The second kappa shape index (κ2) is 3.92. The predicted octanol–water partition coefficient (Wildman–Crippen LogP) is 2.54. The van der Waals surface area contributed by atoms with Gasteiger partial charge in [-0.2, -0.15) is 0 Å². The van der Waals surface area contributed by atoms with Crippen molar-refractivity contribution in [1.29, 1.82) is 0 Å². The Kier molecular flexibility index (Phi) is 3.12. The first kappa shape index (κ1) is 9.55. The summed E-state index contributed by atoms with van der Waals surface area (Å²) >= 11 is 6.97. The van der Waals surface area contributed by atoms with Crippen molar-refractivity contribution in [3.05, 3.63) is 21.3 Å². The molecule has 1 heterocycles. The Morgan fingerprint density at radius 1 is 1.58 bits per heavy atom. The highest BCUT2D eigenvalue weighted by atomic mass is 35.5. The van der Waals surface area contributed by atoms with Gasteiger partial charge in [-0.15, -0.1) is 11.3 Å². The average Bonchev–Trinajstić information content (AvgIpc) is 2.34. The van der Waals surface area contributed by atoms with Gasteiger partial charge >= 0.3 is 0 Å². The van der Waals surface area contributed by atoms with Gasteiger partial charge in [-0.25, -0.2) is 0 Å². The zero-order valence-corrected chi connectivity index (χ0v) is 8.50. The van der Waals surface area contributed by atoms with E-state index in [1.807, 2.05) is 13.8 Å². The van der Waals surface area contributed by atoms with E-state index in [9.17, 15) is 4.79 Å². The molecule has 0 saturated heterocycles. The summed E-state index contributed by atoms with van der Waals surface area (Å²) in [7, 11) is 0. The fourth-order valence-electron chi connectivity index (χ4n) is 0.770. The number of hydrogen-bond acceptors (Lipinski definition) is 2. The van der Waals surface area contributed by atoms with E-state index in [1.165, 1.54) is 11.3 Å². The number of thiophene rings is 1. The summed E-state index contributed by atoms with van der Waals surface area (Å²) < 4.78 is 0.643. The molecular formula is C8H10ClNOS. The van der Waals surface area contributed by atoms with Gasteiger partial charge in [0.2, 0.25) is 0 Å². The van der Waals surface area contributed by atoms with E-state index in [0.29, 0.717) is 9.21 Å². The summed E-state index contributed by atoms with van der Waals surface area (Å²) in [5.74, 6) is -0.0538. The third kappa shape index (κ3) is 2.50. The molecule has 0 unspecified atom stereocenters. The fourth-order valence-corrected chi connectivity index (χ4v) is 1.72. The Hall–Kier alpha value is -0.540. The Labute approximate surface area is 80.5 Å². The Bertz CT molecular complexity index is 282. The molecular weight excluding hydrogens is 194 g/mol. The third-order valence-corrected chi connectivity index (χ3v) is 2.45. The molecule has 12 heavy (non-hydrogen) atoms. The lowest BCUT2D eigenvalue weighted by atomic mass is 10.3. The van der Waals surface area contributed by atoms with Crippen LogP contribution in [0, 0.1) is 0 Å². The largest absolute Gasteiger partial charge is 0.349 e. The van der Waals surface area contributed by atoms with Gasteiger partial charge in [0, 0.05) is 6.04 Å². The van der Waals surface area contributed by atoms with Crippen LogP contribution in [0.5, 0.6) is 0 Å². The first-order valence-electron chi connectivity index (χ1n) is 3.66. The average molecular weight is 204 g/mol. The molecule has 1 rings (SSSR count). The summed E-state index contributed by atoms with van der Waals surface area (Å²) in [6.07, 6.45) is 0. The van der Waals surface area contributed by atoms with Crippen molar-refractivity contribution < 1.29 is 4.79 Å². The zero-order chi connectivity index (χ0) is 9.14. The summed E-state index contributed by atoms with van der Waals surface area (Å²) in [4.78, 5) is 12.0. The van der Waals surface area contributed by atoms with Gasteiger partial charge in [-0.1, -0.05) is 11.6 Å². The van der Waals surface area contributed by atoms with E-state index in [2.05, 4.69) is 5.32 Å². The summed E-state index contributed by atoms with van der Waals surface area (Å²) in [5.41, 5.74) is 0. The van der Waals surface area contributed by atoms with Crippen molar-refractivity contribution in [1.82, 2.24) is 5.32 Å². The zero-order valence-electron chi connectivity index (χ0n) is 6.93. The highest BCUT2D eigenvalue weighted by Gasteiger charge is 2.08. The molecule has 66 valence electrons. The maximum atomic E-state index is 11.3. The van der Waals surface area contributed by atoms with Gasteiger partial charge in [0.25, 0.3) is 5.91 Å². The molecule has 4 heteroatoms. The number of halogens is 1. The topological polar surface area (TPSA) is 29.1 Å². The third-order valence-electron chi connectivity index (χ3n) is 1.22. The summed E-state index contributed by atoms with van der Waals surface area (Å²) in [6.45, 7) is 3.85. The SMILES string of the molecule is CC(C)NC(=O)c1ccc(Cl)s1. The maximum absolute atomic E-state index is 11.3. The molecule has 0 spiro atoms. The van der Waals surface area contributed by atoms with Crippen LogP contribution in [0.4, 0.5) is 0 Å². The van der Waals surface area contributed by atoms with Crippen LogP contribution in [0.15, 0.2) is 12.1 Å². The predicted molar refractivity (Wildman–Crippen MR) is 51.9 cm³/mol. The van der Waals surface area contributed by atoms with Crippen LogP contribution >= 0.6 is 22.9 Å². The molecule has 0 fully saturated rings. The van der Waals surface area contributed by atoms with E-state index >= 15 is 0 Å². The lowest BCUT2D eigenvalue weighted by Crippen LogP contribution is -2.29. The molecule has 1 aromatic heterocycles. The quantitative estimate of drug-likeness (QED) is 0.787. The van der Waals surface area contributed by atoms with Crippen molar-refractivity contribution in [3.8, 4) is 0 Å². The Balaban J connectivity index is 2.65. The first-order valence-corrected chi connectivity index (χ1v) is 4.85. The molecule has 0 aliphatic carbocycles. The summed E-state index contributed by atoms with van der Waals surface area (Å²) in [6, 6.07) is 3.62. The lowest BCUT2D eigenvalue weighted by Gasteiger charge is -2.05. The molecule has 0 aromatic carbocycles. The van der Waals surface area contributed by atoms with Crippen molar-refractivity contribution in [2.24, 2.45) is 0 Å². The van der Waals surface area contributed by atoms with Gasteiger partial charge in [0.1, 0.15) is 0 Å². The molecule has 0 aliphatic rings. The summed E-state index contributed by atoms with van der Waals surface area (Å²) in [5, 5.41) is 2.79. The van der Waals surface area contributed by atoms with Crippen LogP contribution in [-0.4, -0.2) is 11.9 Å². The van der Waals surface area contributed by atoms with Crippen molar-refractivity contribution in [2.45, 2.75) is 19.9 Å². The molecule has 0 saturated carbocycles. The molecule has 0 bridgehead atoms. The van der Waals surface area contributed by atoms with Crippen molar-refractivity contribution in [2.75, 3.05) is 0 Å². The Morgan fingerprint density at radius 2 is 2.25 bits per heavy atom. The number of carbonyl (C=O) groups excluding carboxylic acids is 1. The smallest absolute Gasteiger partial charge is 0.261 e. The van der Waals surface area contributed by atoms with Gasteiger partial charge < -0.3 is 5.32 Å². The molecule has 0 aliphatic heterocycles. The molecule has 1 aromatic rings. The van der Waals surface area contributed by atoms with Crippen LogP contribution in [0.1, 0.15) is 23.5 Å². The maximum Gasteiger partial charge on any atom is 0.261 e. The number of hydrogen-bond donors (Lipinski definition) is 1. The van der Waals surface area contributed by atoms with E-state index in [0.717, 1.165) is 0 Å².